The molecule has 0 bridgehead atoms. The molecule has 0 spiro atoms. The second kappa shape index (κ2) is 6.34. The molecule has 4 heteroatoms. The number of benzene rings is 1. The zero-order chi connectivity index (χ0) is 13.0. The van der Waals surface area contributed by atoms with Crippen molar-refractivity contribution in [1.82, 2.24) is 5.32 Å². The second-order valence-electron chi connectivity index (χ2n) is 4.71. The van der Waals surface area contributed by atoms with Crippen molar-refractivity contribution in [3.63, 3.8) is 0 Å². The van der Waals surface area contributed by atoms with Crippen LogP contribution in [0, 0.1) is 0 Å². The van der Waals surface area contributed by atoms with Gasteiger partial charge in [-0.3, -0.25) is 4.79 Å². The van der Waals surface area contributed by atoms with E-state index in [1.165, 1.54) is 0 Å². The monoisotopic (exact) mass is 311 g/mol. The van der Waals surface area contributed by atoms with Gasteiger partial charge in [-0.1, -0.05) is 28.1 Å². The first-order valence-electron chi connectivity index (χ1n) is 6.30. The molecule has 1 amide bonds. The molecule has 1 aliphatic rings. The molecule has 0 aromatic heterocycles. The lowest BCUT2D eigenvalue weighted by Crippen LogP contribution is -2.41. The fourth-order valence-electron chi connectivity index (χ4n) is 2.18. The van der Waals surface area contributed by atoms with Crippen LogP contribution in [-0.2, 0) is 16.0 Å². The predicted molar refractivity (Wildman–Crippen MR) is 74.4 cm³/mol. The first kappa shape index (κ1) is 13.6. The Bertz CT molecular complexity index is 399. The van der Waals surface area contributed by atoms with E-state index in [0.717, 1.165) is 29.5 Å². The van der Waals surface area contributed by atoms with Gasteiger partial charge in [0.1, 0.15) is 0 Å². The third kappa shape index (κ3) is 3.82. The molecule has 0 unspecified atom stereocenters. The maximum absolute atomic E-state index is 11.9. The van der Waals surface area contributed by atoms with Gasteiger partial charge in [0, 0.05) is 11.1 Å². The molecular formula is C14H18BrNO2. The second-order valence-corrected chi connectivity index (χ2v) is 5.63. The van der Waals surface area contributed by atoms with Crippen molar-refractivity contribution in [3.05, 3.63) is 34.3 Å². The number of amides is 1. The standard InChI is InChI=1S/C14H18BrNO2/c1-10(13-3-2-8-18-13)16-14(17)9-11-4-6-12(15)7-5-11/h4-7,10,13H,2-3,8-9H2,1H3,(H,16,17)/t10-,13+/m1/s1. The molecular weight excluding hydrogens is 294 g/mol. The number of halogens is 1. The van der Waals surface area contributed by atoms with Gasteiger partial charge in [0.15, 0.2) is 0 Å². The molecule has 1 aromatic carbocycles. The molecule has 1 saturated heterocycles. The smallest absolute Gasteiger partial charge is 0.224 e. The van der Waals surface area contributed by atoms with E-state index in [4.69, 9.17) is 4.74 Å². The molecule has 1 aliphatic heterocycles. The highest BCUT2D eigenvalue weighted by Crippen LogP contribution is 2.15. The van der Waals surface area contributed by atoms with Crippen LogP contribution >= 0.6 is 15.9 Å². The predicted octanol–water partition coefficient (Wildman–Crippen LogP) is 2.68. The van der Waals surface area contributed by atoms with Gasteiger partial charge in [-0.05, 0) is 37.5 Å². The maximum Gasteiger partial charge on any atom is 0.224 e. The first-order chi connectivity index (χ1) is 8.65. The summed E-state index contributed by atoms with van der Waals surface area (Å²) in [5.74, 6) is 0.0559. The Kier molecular flexibility index (Phi) is 4.78. The average Bonchev–Trinajstić information content (AvgIpc) is 2.85. The number of hydrogen-bond donors (Lipinski definition) is 1. The zero-order valence-electron chi connectivity index (χ0n) is 10.5. The molecule has 18 heavy (non-hydrogen) atoms. The maximum atomic E-state index is 11.9. The lowest BCUT2D eigenvalue weighted by atomic mass is 10.1. The van der Waals surface area contributed by atoms with Crippen LogP contribution < -0.4 is 5.32 Å². The Hall–Kier alpha value is -0.870. The molecule has 98 valence electrons. The van der Waals surface area contributed by atoms with Crippen LogP contribution in [-0.4, -0.2) is 24.7 Å². The molecule has 1 N–H and O–H groups in total. The summed E-state index contributed by atoms with van der Waals surface area (Å²) in [7, 11) is 0. The fraction of sp³-hybridized carbons (Fsp3) is 0.500. The summed E-state index contributed by atoms with van der Waals surface area (Å²) in [6.45, 7) is 2.83. The number of rotatable bonds is 4. The van der Waals surface area contributed by atoms with Gasteiger partial charge in [-0.25, -0.2) is 0 Å². The highest BCUT2D eigenvalue weighted by Gasteiger charge is 2.23. The number of hydrogen-bond acceptors (Lipinski definition) is 2. The lowest BCUT2D eigenvalue weighted by molar-refractivity contribution is -0.121. The summed E-state index contributed by atoms with van der Waals surface area (Å²) in [4.78, 5) is 11.9. The van der Waals surface area contributed by atoms with Crippen molar-refractivity contribution in [2.24, 2.45) is 0 Å². The number of carbonyl (C=O) groups excluding carboxylic acids is 1. The van der Waals surface area contributed by atoms with Crippen LogP contribution in [0.25, 0.3) is 0 Å². The minimum Gasteiger partial charge on any atom is -0.376 e. The van der Waals surface area contributed by atoms with Crippen LogP contribution in [0.4, 0.5) is 0 Å². The van der Waals surface area contributed by atoms with Crippen LogP contribution in [0.3, 0.4) is 0 Å². The van der Waals surface area contributed by atoms with Gasteiger partial charge in [0.25, 0.3) is 0 Å². The van der Waals surface area contributed by atoms with Gasteiger partial charge in [-0.15, -0.1) is 0 Å². The summed E-state index contributed by atoms with van der Waals surface area (Å²) in [5, 5.41) is 3.01. The fourth-order valence-corrected chi connectivity index (χ4v) is 2.45. The van der Waals surface area contributed by atoms with Crippen molar-refractivity contribution >= 4 is 21.8 Å². The van der Waals surface area contributed by atoms with Crippen LogP contribution in [0.15, 0.2) is 28.7 Å². The molecule has 3 nitrogen and oxygen atoms in total. The average molecular weight is 312 g/mol. The molecule has 1 fully saturated rings. The van der Waals surface area contributed by atoms with E-state index < -0.39 is 0 Å². The molecule has 0 aliphatic carbocycles. The van der Waals surface area contributed by atoms with E-state index in [2.05, 4.69) is 21.2 Å². The Morgan fingerprint density at radius 1 is 1.50 bits per heavy atom. The van der Waals surface area contributed by atoms with Crippen molar-refractivity contribution in [3.8, 4) is 0 Å². The molecule has 2 rings (SSSR count). The normalized spacial score (nSPS) is 20.7. The van der Waals surface area contributed by atoms with Crippen molar-refractivity contribution in [2.75, 3.05) is 6.61 Å². The summed E-state index contributed by atoms with van der Waals surface area (Å²) in [6.07, 6.45) is 2.74. The van der Waals surface area contributed by atoms with E-state index in [0.29, 0.717) is 6.42 Å². The van der Waals surface area contributed by atoms with Gasteiger partial charge >= 0.3 is 0 Å². The zero-order valence-corrected chi connectivity index (χ0v) is 12.1. The van der Waals surface area contributed by atoms with E-state index in [1.54, 1.807) is 0 Å². The highest BCUT2D eigenvalue weighted by atomic mass is 79.9. The van der Waals surface area contributed by atoms with Gasteiger partial charge in [0.05, 0.1) is 18.6 Å². The van der Waals surface area contributed by atoms with Gasteiger partial charge in [-0.2, -0.15) is 0 Å². The third-order valence-electron chi connectivity index (χ3n) is 3.19. The van der Waals surface area contributed by atoms with Gasteiger partial charge < -0.3 is 10.1 Å². The quantitative estimate of drug-likeness (QED) is 0.928. The summed E-state index contributed by atoms with van der Waals surface area (Å²) < 4.78 is 6.59. The van der Waals surface area contributed by atoms with Crippen molar-refractivity contribution in [2.45, 2.75) is 38.3 Å². The topological polar surface area (TPSA) is 38.3 Å². The van der Waals surface area contributed by atoms with Crippen molar-refractivity contribution < 1.29 is 9.53 Å². The van der Waals surface area contributed by atoms with Gasteiger partial charge in [0.2, 0.25) is 5.91 Å². The minimum absolute atomic E-state index is 0.0559. The molecule has 2 atom stereocenters. The Morgan fingerprint density at radius 2 is 2.22 bits per heavy atom. The van der Waals surface area contributed by atoms with Crippen LogP contribution in [0.1, 0.15) is 25.3 Å². The summed E-state index contributed by atoms with van der Waals surface area (Å²) >= 11 is 3.38. The third-order valence-corrected chi connectivity index (χ3v) is 3.72. The van der Waals surface area contributed by atoms with E-state index in [-0.39, 0.29) is 18.1 Å². The number of nitrogens with one attached hydrogen (secondary N) is 1. The summed E-state index contributed by atoms with van der Waals surface area (Å²) in [5.41, 5.74) is 1.02. The van der Waals surface area contributed by atoms with E-state index in [1.807, 2.05) is 31.2 Å². The Morgan fingerprint density at radius 3 is 2.83 bits per heavy atom. The van der Waals surface area contributed by atoms with Crippen LogP contribution in [0.2, 0.25) is 0 Å². The first-order valence-corrected chi connectivity index (χ1v) is 7.10. The summed E-state index contributed by atoms with van der Waals surface area (Å²) in [6, 6.07) is 7.91. The molecule has 0 saturated carbocycles. The van der Waals surface area contributed by atoms with Crippen molar-refractivity contribution in [1.29, 1.82) is 0 Å². The SMILES string of the molecule is C[C@@H](NC(=O)Cc1ccc(Br)cc1)[C@@H]1CCCO1. The molecule has 1 aromatic rings. The Labute approximate surface area is 116 Å². The molecule has 1 heterocycles. The highest BCUT2D eigenvalue weighted by molar-refractivity contribution is 9.10. The Balaban J connectivity index is 1.82. The van der Waals surface area contributed by atoms with E-state index >= 15 is 0 Å². The van der Waals surface area contributed by atoms with Crippen LogP contribution in [0.5, 0.6) is 0 Å². The molecule has 0 radical (unpaired) electrons. The van der Waals surface area contributed by atoms with E-state index in [9.17, 15) is 4.79 Å². The number of ether oxygens (including phenoxy) is 1. The number of carbonyl (C=O) groups is 1. The lowest BCUT2D eigenvalue weighted by Gasteiger charge is -2.20. The minimum atomic E-state index is 0.0559. The largest absolute Gasteiger partial charge is 0.376 e.